The molecule has 25 heavy (non-hydrogen) atoms. The van der Waals surface area contributed by atoms with Crippen LogP contribution < -0.4 is 14.8 Å². The Hall–Kier alpha value is -2.86. The summed E-state index contributed by atoms with van der Waals surface area (Å²) < 4.78 is 10.5. The van der Waals surface area contributed by atoms with E-state index in [2.05, 4.69) is 10.3 Å². The van der Waals surface area contributed by atoms with Crippen LogP contribution in [0.2, 0.25) is 0 Å². The average Bonchev–Trinajstić information content (AvgIpc) is 3.17. The van der Waals surface area contributed by atoms with Crippen LogP contribution in [-0.4, -0.2) is 25.1 Å². The molecule has 0 aliphatic carbocycles. The molecular formula is C19H18N2O3S. The Bertz CT molecular complexity index is 846. The van der Waals surface area contributed by atoms with Gasteiger partial charge in [0.15, 0.2) is 0 Å². The van der Waals surface area contributed by atoms with E-state index in [4.69, 9.17) is 9.47 Å². The van der Waals surface area contributed by atoms with Crippen LogP contribution in [-0.2, 0) is 11.2 Å². The van der Waals surface area contributed by atoms with Gasteiger partial charge in [0, 0.05) is 28.4 Å². The lowest BCUT2D eigenvalue weighted by molar-refractivity contribution is -0.115. The molecule has 3 aromatic rings. The van der Waals surface area contributed by atoms with Gasteiger partial charge in [-0.05, 0) is 42.5 Å². The van der Waals surface area contributed by atoms with Crippen LogP contribution in [0, 0.1) is 0 Å². The lowest BCUT2D eigenvalue weighted by Crippen LogP contribution is -2.15. The number of anilines is 1. The number of carbonyl (C=O) groups is 1. The minimum atomic E-state index is -0.117. The van der Waals surface area contributed by atoms with Gasteiger partial charge < -0.3 is 14.8 Å². The van der Waals surface area contributed by atoms with Gasteiger partial charge in [-0.3, -0.25) is 4.79 Å². The largest absolute Gasteiger partial charge is 0.497 e. The summed E-state index contributed by atoms with van der Waals surface area (Å²) in [5, 5.41) is 5.79. The molecule has 0 unspecified atom stereocenters. The molecule has 1 aromatic heterocycles. The van der Waals surface area contributed by atoms with E-state index in [1.54, 1.807) is 43.9 Å². The van der Waals surface area contributed by atoms with Crippen LogP contribution in [0.15, 0.2) is 54.0 Å². The smallest absolute Gasteiger partial charge is 0.228 e. The third-order valence-electron chi connectivity index (χ3n) is 3.69. The first-order valence-electron chi connectivity index (χ1n) is 7.70. The third kappa shape index (κ3) is 4.16. The number of hydrogen-bond acceptors (Lipinski definition) is 5. The number of amides is 1. The average molecular weight is 354 g/mol. The lowest BCUT2D eigenvalue weighted by atomic mass is 10.1. The summed E-state index contributed by atoms with van der Waals surface area (Å²) in [5.74, 6) is 1.24. The molecular weight excluding hydrogens is 336 g/mol. The first kappa shape index (κ1) is 17.0. The second kappa shape index (κ2) is 7.81. The fraction of sp³-hybridized carbons (Fsp3) is 0.158. The number of nitrogens with zero attached hydrogens (tertiary/aromatic N) is 1. The molecule has 0 saturated heterocycles. The summed E-state index contributed by atoms with van der Waals surface area (Å²) in [6, 6.07) is 13.0. The fourth-order valence-corrected chi connectivity index (χ4v) is 3.10. The number of carbonyl (C=O) groups excluding carboxylic acids is 1. The highest BCUT2D eigenvalue weighted by Crippen LogP contribution is 2.26. The molecule has 0 bridgehead atoms. The maximum absolute atomic E-state index is 12.3. The molecule has 0 aliphatic rings. The van der Waals surface area contributed by atoms with Gasteiger partial charge in [-0.25, -0.2) is 4.98 Å². The third-order valence-corrected chi connectivity index (χ3v) is 4.51. The molecule has 0 aliphatic heterocycles. The minimum absolute atomic E-state index is 0.117. The van der Waals surface area contributed by atoms with Gasteiger partial charge in [0.25, 0.3) is 0 Å². The molecule has 5 nitrogen and oxygen atoms in total. The lowest BCUT2D eigenvalue weighted by Gasteiger charge is -2.11. The van der Waals surface area contributed by atoms with E-state index in [0.29, 0.717) is 11.5 Å². The van der Waals surface area contributed by atoms with Crippen LogP contribution >= 0.6 is 11.3 Å². The van der Waals surface area contributed by atoms with Gasteiger partial charge in [0.2, 0.25) is 5.91 Å². The Kier molecular flexibility index (Phi) is 5.30. The maximum Gasteiger partial charge on any atom is 0.228 e. The van der Waals surface area contributed by atoms with E-state index >= 15 is 0 Å². The first-order valence-corrected chi connectivity index (χ1v) is 8.58. The van der Waals surface area contributed by atoms with E-state index in [1.807, 2.05) is 35.7 Å². The Morgan fingerprint density at radius 3 is 2.56 bits per heavy atom. The Morgan fingerprint density at radius 2 is 1.92 bits per heavy atom. The van der Waals surface area contributed by atoms with Gasteiger partial charge in [-0.1, -0.05) is 0 Å². The summed E-state index contributed by atoms with van der Waals surface area (Å²) in [4.78, 5) is 16.6. The Labute approximate surface area is 150 Å². The maximum atomic E-state index is 12.3. The summed E-state index contributed by atoms with van der Waals surface area (Å²) in [7, 11) is 3.18. The first-order chi connectivity index (χ1) is 12.2. The monoisotopic (exact) mass is 354 g/mol. The number of ether oxygens (including phenoxy) is 2. The van der Waals surface area contributed by atoms with Crippen molar-refractivity contribution in [2.24, 2.45) is 0 Å². The molecule has 0 spiro atoms. The normalized spacial score (nSPS) is 10.3. The molecule has 0 saturated carbocycles. The number of hydrogen-bond donors (Lipinski definition) is 1. The highest BCUT2D eigenvalue weighted by molar-refractivity contribution is 7.13. The molecule has 0 radical (unpaired) electrons. The van der Waals surface area contributed by atoms with E-state index in [1.165, 1.54) is 0 Å². The van der Waals surface area contributed by atoms with Crippen molar-refractivity contribution < 1.29 is 14.3 Å². The standard InChI is InChI=1S/C19H18N2O3S/c1-23-16-7-8-17(24-2)14(11-16)12-18(22)21-15-5-3-13(4-6-15)19-20-9-10-25-19/h3-11H,12H2,1-2H3,(H,21,22). The van der Waals surface area contributed by atoms with E-state index in [-0.39, 0.29) is 12.3 Å². The molecule has 6 heteroatoms. The SMILES string of the molecule is COc1ccc(OC)c(CC(=O)Nc2ccc(-c3nccs3)cc2)c1. The molecule has 3 rings (SSSR count). The van der Waals surface area contributed by atoms with Crippen molar-refractivity contribution in [3.05, 3.63) is 59.6 Å². The quantitative estimate of drug-likeness (QED) is 0.727. The predicted octanol–water partition coefficient (Wildman–Crippen LogP) is 4.01. The molecule has 2 aromatic carbocycles. The van der Waals surface area contributed by atoms with Crippen molar-refractivity contribution in [3.8, 4) is 22.1 Å². The van der Waals surface area contributed by atoms with E-state index in [0.717, 1.165) is 21.8 Å². The second-order valence-corrected chi connectivity index (χ2v) is 6.21. The predicted molar refractivity (Wildman–Crippen MR) is 99.4 cm³/mol. The molecule has 1 amide bonds. The van der Waals surface area contributed by atoms with Crippen molar-refractivity contribution in [1.82, 2.24) is 4.98 Å². The number of thiazole rings is 1. The fourth-order valence-electron chi connectivity index (χ4n) is 2.46. The van der Waals surface area contributed by atoms with Crippen LogP contribution in [0.5, 0.6) is 11.5 Å². The molecule has 1 heterocycles. The zero-order valence-corrected chi connectivity index (χ0v) is 14.8. The summed E-state index contributed by atoms with van der Waals surface area (Å²) in [6.07, 6.45) is 1.98. The van der Waals surface area contributed by atoms with Crippen LogP contribution in [0.3, 0.4) is 0 Å². The van der Waals surface area contributed by atoms with Gasteiger partial charge in [0.05, 0.1) is 20.6 Å². The highest BCUT2D eigenvalue weighted by atomic mass is 32.1. The number of rotatable bonds is 6. The van der Waals surface area contributed by atoms with Crippen molar-refractivity contribution in [2.45, 2.75) is 6.42 Å². The van der Waals surface area contributed by atoms with Crippen molar-refractivity contribution >= 4 is 22.9 Å². The van der Waals surface area contributed by atoms with E-state index < -0.39 is 0 Å². The molecule has 0 atom stereocenters. The Balaban J connectivity index is 1.68. The van der Waals surface area contributed by atoms with Crippen LogP contribution in [0.1, 0.15) is 5.56 Å². The molecule has 0 fully saturated rings. The summed E-state index contributed by atoms with van der Waals surface area (Å²) >= 11 is 1.58. The summed E-state index contributed by atoms with van der Waals surface area (Å²) in [6.45, 7) is 0. The zero-order chi connectivity index (χ0) is 17.6. The van der Waals surface area contributed by atoms with Crippen LogP contribution in [0.25, 0.3) is 10.6 Å². The van der Waals surface area contributed by atoms with Crippen molar-refractivity contribution in [3.63, 3.8) is 0 Å². The number of nitrogens with one attached hydrogen (secondary N) is 1. The Morgan fingerprint density at radius 1 is 1.12 bits per heavy atom. The van der Waals surface area contributed by atoms with Gasteiger partial charge in [-0.2, -0.15) is 0 Å². The van der Waals surface area contributed by atoms with Crippen LogP contribution in [0.4, 0.5) is 5.69 Å². The number of aromatic nitrogens is 1. The zero-order valence-electron chi connectivity index (χ0n) is 14.0. The van der Waals surface area contributed by atoms with Crippen molar-refractivity contribution in [2.75, 3.05) is 19.5 Å². The number of methoxy groups -OCH3 is 2. The number of benzene rings is 2. The van der Waals surface area contributed by atoms with E-state index in [9.17, 15) is 4.79 Å². The van der Waals surface area contributed by atoms with Crippen molar-refractivity contribution in [1.29, 1.82) is 0 Å². The summed E-state index contributed by atoms with van der Waals surface area (Å²) in [5.41, 5.74) is 2.55. The van der Waals surface area contributed by atoms with Gasteiger partial charge >= 0.3 is 0 Å². The molecule has 128 valence electrons. The topological polar surface area (TPSA) is 60.5 Å². The van der Waals surface area contributed by atoms with Gasteiger partial charge in [0.1, 0.15) is 16.5 Å². The van der Waals surface area contributed by atoms with Gasteiger partial charge in [-0.15, -0.1) is 11.3 Å². The second-order valence-electron chi connectivity index (χ2n) is 5.32. The minimum Gasteiger partial charge on any atom is -0.497 e. The molecule has 1 N–H and O–H groups in total. The highest BCUT2D eigenvalue weighted by Gasteiger charge is 2.11.